The van der Waals surface area contributed by atoms with E-state index in [1.54, 1.807) is 33.7 Å². The Morgan fingerprint density at radius 1 is 1.32 bits per heavy atom. The predicted octanol–water partition coefficient (Wildman–Crippen LogP) is 2.07. The highest BCUT2D eigenvalue weighted by atomic mass is 19.1. The number of rotatable bonds is 4. The van der Waals surface area contributed by atoms with Crippen molar-refractivity contribution in [1.82, 2.24) is 9.13 Å². The Balaban J connectivity index is 2.20. The van der Waals surface area contributed by atoms with Crippen molar-refractivity contribution in [2.24, 2.45) is 5.73 Å². The van der Waals surface area contributed by atoms with Gasteiger partial charge < -0.3 is 5.73 Å². The first-order chi connectivity index (χ1) is 8.99. The lowest BCUT2D eigenvalue weighted by Crippen LogP contribution is -2.29. The summed E-state index contributed by atoms with van der Waals surface area (Å²) in [5, 5.41) is 0. The van der Waals surface area contributed by atoms with Crippen molar-refractivity contribution >= 4 is 0 Å². The molecule has 0 saturated heterocycles. The van der Waals surface area contributed by atoms with Crippen molar-refractivity contribution < 1.29 is 4.39 Å². The third-order valence-electron chi connectivity index (χ3n) is 3.10. The quantitative estimate of drug-likeness (QED) is 0.918. The van der Waals surface area contributed by atoms with Crippen molar-refractivity contribution in [3.63, 3.8) is 0 Å². The van der Waals surface area contributed by atoms with E-state index in [2.05, 4.69) is 0 Å². The Labute approximate surface area is 111 Å². The van der Waals surface area contributed by atoms with Gasteiger partial charge in [-0.05, 0) is 31.5 Å². The van der Waals surface area contributed by atoms with Crippen LogP contribution in [0, 0.1) is 5.82 Å². The number of imidazole rings is 1. The Morgan fingerprint density at radius 2 is 2.05 bits per heavy atom. The monoisotopic (exact) mass is 263 g/mol. The molecule has 0 saturated carbocycles. The summed E-state index contributed by atoms with van der Waals surface area (Å²) in [6, 6.07) is 5.85. The Hall–Kier alpha value is -1.88. The summed E-state index contributed by atoms with van der Waals surface area (Å²) < 4.78 is 16.3. The first-order valence-electron chi connectivity index (χ1n) is 6.27. The lowest BCUT2D eigenvalue weighted by Gasteiger charge is -2.12. The largest absolute Gasteiger partial charge is 0.328 e. The van der Waals surface area contributed by atoms with E-state index in [4.69, 9.17) is 5.73 Å². The first kappa shape index (κ1) is 13.5. The van der Waals surface area contributed by atoms with Crippen molar-refractivity contribution in [3.8, 4) is 0 Å². The Bertz CT molecular complexity index is 615. The highest BCUT2D eigenvalue weighted by Gasteiger charge is 2.11. The lowest BCUT2D eigenvalue weighted by atomic mass is 10.1. The number of hydrogen-bond donors (Lipinski definition) is 1. The van der Waals surface area contributed by atoms with Gasteiger partial charge in [0.15, 0.2) is 0 Å². The molecule has 2 aromatic rings. The fourth-order valence-corrected chi connectivity index (χ4v) is 2.01. The van der Waals surface area contributed by atoms with Crippen LogP contribution in [0.3, 0.4) is 0 Å². The first-order valence-corrected chi connectivity index (χ1v) is 6.27. The molecular weight excluding hydrogens is 245 g/mol. The average molecular weight is 263 g/mol. The van der Waals surface area contributed by atoms with Crippen LogP contribution in [0.25, 0.3) is 0 Å². The summed E-state index contributed by atoms with van der Waals surface area (Å²) in [5.41, 5.74) is 6.60. The zero-order chi connectivity index (χ0) is 14.0. The topological polar surface area (TPSA) is 52.9 Å². The van der Waals surface area contributed by atoms with Crippen LogP contribution in [-0.4, -0.2) is 9.13 Å². The molecule has 2 rings (SSSR count). The molecule has 0 spiro atoms. The minimum Gasteiger partial charge on any atom is -0.322 e. The molecule has 0 bridgehead atoms. The highest BCUT2D eigenvalue weighted by molar-refractivity contribution is 5.19. The molecule has 0 aliphatic rings. The molecule has 0 radical (unpaired) electrons. The van der Waals surface area contributed by atoms with E-state index in [9.17, 15) is 9.18 Å². The minimum absolute atomic E-state index is 0.0955. The summed E-state index contributed by atoms with van der Waals surface area (Å²) in [4.78, 5) is 12.0. The van der Waals surface area contributed by atoms with Crippen LogP contribution in [0.1, 0.15) is 31.5 Å². The van der Waals surface area contributed by atoms with E-state index in [0.29, 0.717) is 12.1 Å². The summed E-state index contributed by atoms with van der Waals surface area (Å²) in [7, 11) is 0. The molecule has 1 heterocycles. The number of halogens is 1. The third-order valence-corrected chi connectivity index (χ3v) is 3.10. The van der Waals surface area contributed by atoms with Gasteiger partial charge in [-0.3, -0.25) is 9.13 Å². The number of hydrogen-bond acceptors (Lipinski definition) is 2. The van der Waals surface area contributed by atoms with Gasteiger partial charge in [0.1, 0.15) is 5.82 Å². The molecule has 1 aromatic carbocycles. The van der Waals surface area contributed by atoms with E-state index >= 15 is 0 Å². The number of aromatic nitrogens is 2. The van der Waals surface area contributed by atoms with E-state index in [0.717, 1.165) is 0 Å². The fraction of sp³-hybridized carbons (Fsp3) is 0.357. The minimum atomic E-state index is -0.406. The molecule has 0 fully saturated rings. The molecule has 1 unspecified atom stereocenters. The fourth-order valence-electron chi connectivity index (χ4n) is 2.01. The molecular formula is C14H18FN3O. The molecule has 5 heteroatoms. The van der Waals surface area contributed by atoms with Gasteiger partial charge in [0.2, 0.25) is 0 Å². The molecule has 1 atom stereocenters. The number of nitrogens with zero attached hydrogens (tertiary/aromatic N) is 2. The van der Waals surface area contributed by atoms with Gasteiger partial charge in [0.25, 0.3) is 0 Å². The van der Waals surface area contributed by atoms with Crippen LogP contribution >= 0.6 is 0 Å². The second kappa shape index (κ2) is 5.40. The standard InChI is InChI=1S/C14H18FN3O/c1-10(2)18-7-6-17(14(18)19)9-13(16)11-4-3-5-12(15)8-11/h3-8,10,13H,9,16H2,1-2H3. The van der Waals surface area contributed by atoms with Crippen LogP contribution in [0.5, 0.6) is 0 Å². The van der Waals surface area contributed by atoms with Crippen LogP contribution in [0.4, 0.5) is 4.39 Å². The van der Waals surface area contributed by atoms with Crippen LogP contribution in [-0.2, 0) is 6.54 Å². The van der Waals surface area contributed by atoms with Crippen molar-refractivity contribution in [2.75, 3.05) is 0 Å². The molecule has 2 N–H and O–H groups in total. The van der Waals surface area contributed by atoms with E-state index in [1.165, 1.54) is 12.1 Å². The van der Waals surface area contributed by atoms with Gasteiger partial charge in [-0.2, -0.15) is 0 Å². The van der Waals surface area contributed by atoms with Crippen LogP contribution in [0.2, 0.25) is 0 Å². The smallest absolute Gasteiger partial charge is 0.322 e. The zero-order valence-electron chi connectivity index (χ0n) is 11.1. The number of benzene rings is 1. The zero-order valence-corrected chi connectivity index (χ0v) is 11.1. The summed E-state index contributed by atoms with van der Waals surface area (Å²) >= 11 is 0. The lowest BCUT2D eigenvalue weighted by molar-refractivity contribution is 0.518. The van der Waals surface area contributed by atoms with Gasteiger partial charge in [0.05, 0.1) is 0 Å². The maximum atomic E-state index is 13.1. The van der Waals surface area contributed by atoms with E-state index in [-0.39, 0.29) is 17.5 Å². The molecule has 0 aliphatic heterocycles. The maximum absolute atomic E-state index is 13.1. The van der Waals surface area contributed by atoms with Crippen LogP contribution < -0.4 is 11.4 Å². The van der Waals surface area contributed by atoms with Crippen molar-refractivity contribution in [2.45, 2.75) is 32.5 Å². The molecule has 19 heavy (non-hydrogen) atoms. The summed E-state index contributed by atoms with van der Waals surface area (Å²) in [6.07, 6.45) is 3.45. The van der Waals surface area contributed by atoms with Gasteiger partial charge in [-0.25, -0.2) is 9.18 Å². The van der Waals surface area contributed by atoms with Crippen molar-refractivity contribution in [1.29, 1.82) is 0 Å². The van der Waals surface area contributed by atoms with Gasteiger partial charge >= 0.3 is 5.69 Å². The summed E-state index contributed by atoms with van der Waals surface area (Å²) in [6.45, 7) is 4.22. The second-order valence-electron chi connectivity index (χ2n) is 4.90. The normalized spacial score (nSPS) is 12.9. The molecule has 4 nitrogen and oxygen atoms in total. The average Bonchev–Trinajstić information content (AvgIpc) is 2.71. The Morgan fingerprint density at radius 3 is 2.63 bits per heavy atom. The van der Waals surface area contributed by atoms with Gasteiger partial charge in [-0.1, -0.05) is 12.1 Å². The predicted molar refractivity (Wildman–Crippen MR) is 72.4 cm³/mol. The number of nitrogens with two attached hydrogens (primary N) is 1. The molecule has 1 aromatic heterocycles. The van der Waals surface area contributed by atoms with E-state index in [1.807, 2.05) is 13.8 Å². The molecule has 0 amide bonds. The second-order valence-corrected chi connectivity index (χ2v) is 4.90. The highest BCUT2D eigenvalue weighted by Crippen LogP contribution is 2.13. The molecule has 102 valence electrons. The molecule has 0 aliphatic carbocycles. The van der Waals surface area contributed by atoms with Gasteiger partial charge in [0, 0.05) is 31.0 Å². The SMILES string of the molecule is CC(C)n1ccn(CC(N)c2cccc(F)c2)c1=O. The van der Waals surface area contributed by atoms with E-state index < -0.39 is 6.04 Å². The maximum Gasteiger partial charge on any atom is 0.328 e. The summed E-state index contributed by atoms with van der Waals surface area (Å²) in [5.74, 6) is -0.319. The van der Waals surface area contributed by atoms with Crippen LogP contribution in [0.15, 0.2) is 41.5 Å². The third kappa shape index (κ3) is 2.93. The van der Waals surface area contributed by atoms with Crippen molar-refractivity contribution in [3.05, 3.63) is 58.5 Å². The van der Waals surface area contributed by atoms with Gasteiger partial charge in [-0.15, -0.1) is 0 Å². The Kier molecular flexibility index (Phi) is 3.85.